The van der Waals surface area contributed by atoms with Crippen LogP contribution in [0.4, 0.5) is 0 Å². The van der Waals surface area contributed by atoms with Gasteiger partial charge in [-0.15, -0.1) is 0 Å². The number of para-hydroxylation sites is 2. The molecule has 0 atom stereocenters. The second-order valence-corrected chi connectivity index (χ2v) is 12.8. The topological polar surface area (TPSA) is 22.8 Å². The van der Waals surface area contributed by atoms with Crippen LogP contribution in [0.25, 0.3) is 77.4 Å². The molecule has 0 amide bonds. The van der Waals surface area contributed by atoms with Crippen molar-refractivity contribution in [2.45, 2.75) is 34.6 Å². The molecule has 0 aliphatic carbocycles. The van der Waals surface area contributed by atoms with Crippen molar-refractivity contribution in [2.75, 3.05) is 0 Å². The third kappa shape index (κ3) is 8.27. The summed E-state index contributed by atoms with van der Waals surface area (Å²) in [5.41, 5.74) is 9.95. The van der Waals surface area contributed by atoms with Gasteiger partial charge in [0.25, 0.3) is 0 Å². The van der Waals surface area contributed by atoms with Gasteiger partial charge in [0.05, 0.1) is 33.6 Å². The molecule has 272 valence electrons. The van der Waals surface area contributed by atoms with Crippen LogP contribution in [0.5, 0.6) is 0 Å². The standard InChI is InChI=1S/C41H27N3.C5H8.C4H8.C2H6/c1-4-12-28(13-5-1)37-26-34(27-38(42-37)29-14-6-2-7-15-29)44-39-19-11-10-18-35(39)36-23-32-24-40-30(22-31(32)25-41(36)44)20-21-43(40)33-16-8-3-9-17-33;1-3-5-4-2;1-3-4-2;1-2/h1-27H;3-5H,1H2,2H3;3-4H,1-2H3;1-2H3/b;5-4-;4-3-;. The molecule has 0 bridgehead atoms. The number of benzene rings is 6. The molecular formula is C52H49N3. The molecule has 0 N–H and O–H groups in total. The van der Waals surface area contributed by atoms with Gasteiger partial charge in [-0.25, -0.2) is 4.98 Å². The van der Waals surface area contributed by atoms with E-state index < -0.39 is 0 Å². The normalized spacial score (nSPS) is 10.9. The summed E-state index contributed by atoms with van der Waals surface area (Å²) in [6.07, 6.45) is 11.7. The van der Waals surface area contributed by atoms with E-state index in [4.69, 9.17) is 4.98 Å². The molecule has 0 radical (unpaired) electrons. The Kier molecular flexibility index (Phi) is 12.7. The Morgan fingerprint density at radius 3 is 1.58 bits per heavy atom. The summed E-state index contributed by atoms with van der Waals surface area (Å²) in [5, 5.41) is 6.16. The van der Waals surface area contributed by atoms with Crippen LogP contribution < -0.4 is 0 Å². The fraction of sp³-hybridized carbons (Fsp3) is 0.0962. The maximum Gasteiger partial charge on any atom is 0.0730 e. The van der Waals surface area contributed by atoms with E-state index in [1.807, 2.05) is 58.9 Å². The zero-order chi connectivity index (χ0) is 38.6. The van der Waals surface area contributed by atoms with Gasteiger partial charge in [0.2, 0.25) is 0 Å². The van der Waals surface area contributed by atoms with Gasteiger partial charge in [0.1, 0.15) is 0 Å². The number of allylic oxidation sites excluding steroid dienone is 5. The van der Waals surface area contributed by atoms with E-state index in [-0.39, 0.29) is 0 Å². The SMILES string of the molecule is C/C=C\C.C=C/C=C\C.CC.c1ccc(-c2cc(-n3c4ccccc4c4cc5cc6c(ccn6-c6ccccc6)cc5cc43)cc(-c3ccccc3)n2)cc1. The molecule has 3 aromatic heterocycles. The van der Waals surface area contributed by atoms with Crippen LogP contribution in [-0.4, -0.2) is 14.1 Å². The second kappa shape index (κ2) is 18.4. The van der Waals surface area contributed by atoms with Crippen molar-refractivity contribution in [1.82, 2.24) is 14.1 Å². The highest BCUT2D eigenvalue weighted by Gasteiger charge is 2.17. The summed E-state index contributed by atoms with van der Waals surface area (Å²) in [6, 6.07) is 56.2. The van der Waals surface area contributed by atoms with Gasteiger partial charge >= 0.3 is 0 Å². The minimum absolute atomic E-state index is 0.956. The maximum absolute atomic E-state index is 5.14. The fourth-order valence-electron chi connectivity index (χ4n) is 6.73. The van der Waals surface area contributed by atoms with Crippen LogP contribution in [0.15, 0.2) is 201 Å². The van der Waals surface area contributed by atoms with Crippen molar-refractivity contribution in [1.29, 1.82) is 0 Å². The lowest BCUT2D eigenvalue weighted by molar-refractivity contribution is 1.13. The number of rotatable bonds is 5. The molecule has 3 heterocycles. The average molecular weight is 716 g/mol. The van der Waals surface area contributed by atoms with E-state index in [0.29, 0.717) is 0 Å². The zero-order valence-corrected chi connectivity index (χ0v) is 32.5. The number of aromatic nitrogens is 3. The molecule has 9 rings (SSSR count). The number of nitrogens with zero attached hydrogens (tertiary/aromatic N) is 3. The van der Waals surface area contributed by atoms with Crippen molar-refractivity contribution in [3.05, 3.63) is 201 Å². The number of pyridine rings is 1. The van der Waals surface area contributed by atoms with Crippen molar-refractivity contribution in [2.24, 2.45) is 0 Å². The van der Waals surface area contributed by atoms with Gasteiger partial charge in [-0.2, -0.15) is 0 Å². The lowest BCUT2D eigenvalue weighted by Crippen LogP contribution is -1.98. The highest BCUT2D eigenvalue weighted by Crippen LogP contribution is 2.38. The van der Waals surface area contributed by atoms with Crippen LogP contribution in [-0.2, 0) is 0 Å². The molecule has 3 heteroatoms. The number of fused-ring (bicyclic) bond motifs is 5. The first kappa shape index (κ1) is 38.0. The van der Waals surface area contributed by atoms with Crippen LogP contribution in [0, 0.1) is 0 Å². The van der Waals surface area contributed by atoms with E-state index in [0.717, 1.165) is 28.2 Å². The summed E-state index contributed by atoms with van der Waals surface area (Å²) in [7, 11) is 0. The van der Waals surface area contributed by atoms with E-state index >= 15 is 0 Å². The molecule has 55 heavy (non-hydrogen) atoms. The lowest BCUT2D eigenvalue weighted by atomic mass is 10.0. The minimum atomic E-state index is 0.956. The first-order chi connectivity index (χ1) is 27.1. The molecule has 0 spiro atoms. The predicted octanol–water partition coefficient (Wildman–Crippen LogP) is 15.0. The molecule has 0 aliphatic heterocycles. The summed E-state index contributed by atoms with van der Waals surface area (Å²) < 4.78 is 4.68. The lowest BCUT2D eigenvalue weighted by Gasteiger charge is -2.13. The van der Waals surface area contributed by atoms with Crippen LogP contribution in [0.1, 0.15) is 34.6 Å². The zero-order valence-electron chi connectivity index (χ0n) is 32.5. The Morgan fingerprint density at radius 1 is 0.473 bits per heavy atom. The first-order valence-electron chi connectivity index (χ1n) is 19.1. The summed E-state index contributed by atoms with van der Waals surface area (Å²) in [5.74, 6) is 0. The highest BCUT2D eigenvalue weighted by atomic mass is 15.0. The van der Waals surface area contributed by atoms with E-state index in [2.05, 4.69) is 180 Å². The third-order valence-corrected chi connectivity index (χ3v) is 9.34. The summed E-state index contributed by atoms with van der Waals surface area (Å²) in [6.45, 7) is 13.4. The molecule has 3 nitrogen and oxygen atoms in total. The molecule has 6 aromatic carbocycles. The Labute approximate surface area is 325 Å². The quantitative estimate of drug-likeness (QED) is 0.128. The van der Waals surface area contributed by atoms with E-state index in [9.17, 15) is 0 Å². The van der Waals surface area contributed by atoms with Crippen LogP contribution in [0.2, 0.25) is 0 Å². The molecule has 0 aliphatic rings. The molecule has 0 saturated carbocycles. The van der Waals surface area contributed by atoms with Crippen molar-refractivity contribution in [3.8, 4) is 33.9 Å². The minimum Gasteiger partial charge on any atom is -0.317 e. The van der Waals surface area contributed by atoms with Crippen molar-refractivity contribution in [3.63, 3.8) is 0 Å². The van der Waals surface area contributed by atoms with Gasteiger partial charge < -0.3 is 9.13 Å². The van der Waals surface area contributed by atoms with Crippen LogP contribution in [0.3, 0.4) is 0 Å². The molecule has 0 fully saturated rings. The van der Waals surface area contributed by atoms with E-state index in [1.54, 1.807) is 6.08 Å². The van der Waals surface area contributed by atoms with Gasteiger partial charge in [-0.05, 0) is 92.2 Å². The smallest absolute Gasteiger partial charge is 0.0730 e. The van der Waals surface area contributed by atoms with Gasteiger partial charge in [-0.1, -0.05) is 148 Å². The van der Waals surface area contributed by atoms with Gasteiger partial charge in [-0.3, -0.25) is 0 Å². The largest absolute Gasteiger partial charge is 0.317 e. The Morgan fingerprint density at radius 2 is 1.02 bits per heavy atom. The summed E-state index contributed by atoms with van der Waals surface area (Å²) in [4.78, 5) is 5.14. The van der Waals surface area contributed by atoms with E-state index in [1.165, 1.54) is 49.2 Å². The Balaban J connectivity index is 0.000000419. The molecule has 9 aromatic rings. The fourth-order valence-corrected chi connectivity index (χ4v) is 6.73. The van der Waals surface area contributed by atoms with Gasteiger partial charge in [0, 0.05) is 39.2 Å². The molecule has 0 unspecified atom stereocenters. The average Bonchev–Trinajstić information content (AvgIpc) is 3.82. The predicted molar refractivity (Wildman–Crippen MR) is 241 cm³/mol. The third-order valence-electron chi connectivity index (χ3n) is 9.34. The van der Waals surface area contributed by atoms with Crippen LogP contribution >= 0.6 is 0 Å². The molecular weight excluding hydrogens is 667 g/mol. The number of hydrogen-bond acceptors (Lipinski definition) is 1. The number of hydrogen-bond donors (Lipinski definition) is 0. The Hall–Kier alpha value is -6.71. The van der Waals surface area contributed by atoms with Crippen molar-refractivity contribution < 1.29 is 0 Å². The summed E-state index contributed by atoms with van der Waals surface area (Å²) >= 11 is 0. The molecule has 0 saturated heterocycles. The maximum atomic E-state index is 5.14. The van der Waals surface area contributed by atoms with Crippen molar-refractivity contribution >= 4 is 43.5 Å². The monoisotopic (exact) mass is 715 g/mol. The highest BCUT2D eigenvalue weighted by molar-refractivity contribution is 6.15. The Bertz CT molecular complexity index is 2630. The van der Waals surface area contributed by atoms with Gasteiger partial charge in [0.15, 0.2) is 0 Å². The first-order valence-corrected chi connectivity index (χ1v) is 19.1. The second-order valence-electron chi connectivity index (χ2n) is 12.8.